The summed E-state index contributed by atoms with van der Waals surface area (Å²) >= 11 is 6.16. The Morgan fingerprint density at radius 2 is 1.90 bits per heavy atom. The fraction of sp³-hybridized carbons (Fsp3) is 0.250. The number of imidazole rings is 1. The number of nitrogens with two attached hydrogens (primary N) is 1. The molecule has 5 rings (SSSR count). The van der Waals surface area contributed by atoms with E-state index in [0.717, 1.165) is 0 Å². The van der Waals surface area contributed by atoms with Crippen molar-refractivity contribution in [3.63, 3.8) is 0 Å². The summed E-state index contributed by atoms with van der Waals surface area (Å²) in [6.07, 6.45) is 1.60. The van der Waals surface area contributed by atoms with E-state index >= 15 is 4.39 Å². The molecular weight excluding hydrogens is 521 g/mol. The normalized spacial score (nSPS) is 11.3. The number of carbonyl (C=O) groups is 1. The summed E-state index contributed by atoms with van der Waals surface area (Å²) in [4.78, 5) is 28.6. The molecule has 3 heterocycles. The van der Waals surface area contributed by atoms with Crippen LogP contribution in [-0.4, -0.2) is 31.0 Å². The maximum absolute atomic E-state index is 15.0. The molecular formula is C28H29ClFN7O2. The lowest BCUT2D eigenvalue weighted by Gasteiger charge is -2.10. The molecule has 0 fully saturated rings. The maximum atomic E-state index is 15.0. The van der Waals surface area contributed by atoms with Crippen LogP contribution in [-0.2, 0) is 12.0 Å². The van der Waals surface area contributed by atoms with Crippen LogP contribution in [0.3, 0.4) is 0 Å². The molecule has 11 heteroatoms. The number of anilines is 1. The van der Waals surface area contributed by atoms with Crippen molar-refractivity contribution in [2.75, 3.05) is 5.73 Å². The van der Waals surface area contributed by atoms with Gasteiger partial charge in [0.25, 0.3) is 0 Å². The van der Waals surface area contributed by atoms with E-state index in [-0.39, 0.29) is 17.9 Å². The molecule has 5 aromatic rings. The number of nitrogen functional groups attached to an aromatic ring is 1. The van der Waals surface area contributed by atoms with Crippen LogP contribution < -0.4 is 11.1 Å². The summed E-state index contributed by atoms with van der Waals surface area (Å²) < 4.78 is 20.1. The number of carbonyl (C=O) groups excluding carboxylic acids is 1. The van der Waals surface area contributed by atoms with Gasteiger partial charge in [-0.1, -0.05) is 69.6 Å². The molecule has 4 N–H and O–H groups in total. The van der Waals surface area contributed by atoms with E-state index in [9.17, 15) is 4.79 Å². The summed E-state index contributed by atoms with van der Waals surface area (Å²) in [5, 5.41) is 6.87. The minimum atomic E-state index is -0.576. The minimum Gasteiger partial charge on any atom is -0.397 e. The van der Waals surface area contributed by atoms with E-state index < -0.39 is 11.7 Å². The van der Waals surface area contributed by atoms with Crippen LogP contribution in [0.25, 0.3) is 33.7 Å². The van der Waals surface area contributed by atoms with Crippen LogP contribution in [0, 0.1) is 5.82 Å². The average molecular weight is 550 g/mol. The Labute approximate surface area is 230 Å². The van der Waals surface area contributed by atoms with Gasteiger partial charge in [-0.2, -0.15) is 4.98 Å². The fourth-order valence-electron chi connectivity index (χ4n) is 3.75. The van der Waals surface area contributed by atoms with Gasteiger partial charge >= 0.3 is 11.8 Å². The van der Waals surface area contributed by atoms with Crippen LogP contribution in [0.15, 0.2) is 53.2 Å². The summed E-state index contributed by atoms with van der Waals surface area (Å²) in [5.74, 6) is -0.311. The van der Waals surface area contributed by atoms with Gasteiger partial charge in [0.2, 0.25) is 0 Å². The molecule has 0 aliphatic carbocycles. The third-order valence-electron chi connectivity index (χ3n) is 5.79. The number of hydrogen-bond acceptors (Lipinski definition) is 7. The summed E-state index contributed by atoms with van der Waals surface area (Å²) in [5.41, 5.74) is 9.51. The van der Waals surface area contributed by atoms with E-state index in [4.69, 9.17) is 21.9 Å². The number of aromatic amines is 1. The van der Waals surface area contributed by atoms with Gasteiger partial charge in [-0.05, 0) is 29.8 Å². The largest absolute Gasteiger partial charge is 0.397 e. The molecule has 0 aliphatic rings. The van der Waals surface area contributed by atoms with Crippen molar-refractivity contribution >= 4 is 34.4 Å². The fourth-order valence-corrected chi connectivity index (χ4v) is 3.93. The molecule has 0 saturated heterocycles. The van der Waals surface area contributed by atoms with Crippen molar-refractivity contribution in [2.45, 2.75) is 46.6 Å². The Morgan fingerprint density at radius 3 is 2.59 bits per heavy atom. The quantitative estimate of drug-likeness (QED) is 0.219. The number of para-hydroxylation sites is 1. The van der Waals surface area contributed by atoms with Gasteiger partial charge in [0.05, 0.1) is 16.2 Å². The smallest absolute Gasteiger partial charge is 0.315 e. The number of benzene rings is 2. The predicted octanol–water partition coefficient (Wildman–Crippen LogP) is 6.30. The van der Waals surface area contributed by atoms with Crippen LogP contribution >= 0.6 is 11.6 Å². The van der Waals surface area contributed by atoms with Gasteiger partial charge in [0.15, 0.2) is 11.5 Å². The molecule has 0 aliphatic heterocycles. The highest BCUT2D eigenvalue weighted by Gasteiger charge is 2.24. The topological polar surface area (TPSA) is 136 Å². The third-order valence-corrected chi connectivity index (χ3v) is 6.12. The highest BCUT2D eigenvalue weighted by Crippen LogP contribution is 2.33. The Hall–Kier alpha value is -4.31. The maximum Gasteiger partial charge on any atom is 0.315 e. The zero-order valence-electron chi connectivity index (χ0n) is 22.3. The van der Waals surface area contributed by atoms with Crippen molar-refractivity contribution in [3.05, 3.63) is 76.8 Å². The number of pyridine rings is 1. The molecule has 1 amide bonds. The number of nitrogens with one attached hydrogen (secondary N) is 2. The second-order valence-corrected chi connectivity index (χ2v) is 9.91. The standard InChI is InChI=1S/C26H23ClFN7O2.C2H6/c1-26(2,3)25-34-24(37-35-25)23(36)31-12-14-8-7-13(11-18(14)28)15-9-10-30-22-20(15)32-21(33-22)16-5-4-6-17(27)19(16)29;1-2/h4-11H,12,29H2,1-3H3,(H,31,36)(H,30,32,33);1-2H3. The van der Waals surface area contributed by atoms with Gasteiger partial charge in [0, 0.05) is 34.8 Å². The zero-order valence-corrected chi connectivity index (χ0v) is 23.0. The van der Waals surface area contributed by atoms with E-state index in [2.05, 4.69) is 30.4 Å². The van der Waals surface area contributed by atoms with Gasteiger partial charge < -0.3 is 20.6 Å². The predicted molar refractivity (Wildman–Crippen MR) is 150 cm³/mol. The van der Waals surface area contributed by atoms with E-state index in [0.29, 0.717) is 55.8 Å². The Balaban J connectivity index is 0.00000172. The van der Waals surface area contributed by atoms with Crippen molar-refractivity contribution < 1.29 is 13.7 Å². The lowest BCUT2D eigenvalue weighted by Crippen LogP contribution is -2.24. The zero-order chi connectivity index (χ0) is 28.3. The molecule has 0 spiro atoms. The second-order valence-electron chi connectivity index (χ2n) is 9.51. The molecule has 0 atom stereocenters. The second kappa shape index (κ2) is 11.2. The van der Waals surface area contributed by atoms with Crippen LogP contribution in [0.1, 0.15) is 56.7 Å². The van der Waals surface area contributed by atoms with Crippen molar-refractivity contribution in [3.8, 4) is 22.5 Å². The van der Waals surface area contributed by atoms with Gasteiger partial charge in [-0.3, -0.25) is 4.79 Å². The van der Waals surface area contributed by atoms with Crippen molar-refractivity contribution in [2.24, 2.45) is 0 Å². The van der Waals surface area contributed by atoms with Gasteiger partial charge in [-0.15, -0.1) is 0 Å². The Morgan fingerprint density at radius 1 is 1.13 bits per heavy atom. The highest BCUT2D eigenvalue weighted by atomic mass is 35.5. The van der Waals surface area contributed by atoms with Crippen LogP contribution in [0.2, 0.25) is 5.02 Å². The van der Waals surface area contributed by atoms with Gasteiger partial charge in [0.1, 0.15) is 11.6 Å². The number of halogens is 2. The summed E-state index contributed by atoms with van der Waals surface area (Å²) in [6.45, 7) is 9.67. The van der Waals surface area contributed by atoms with Crippen LogP contribution in [0.5, 0.6) is 0 Å². The number of amides is 1. The number of hydrogen-bond donors (Lipinski definition) is 3. The Bertz CT molecular complexity index is 1640. The van der Waals surface area contributed by atoms with E-state index in [1.807, 2.05) is 34.6 Å². The molecule has 3 aromatic heterocycles. The first-order chi connectivity index (χ1) is 18.6. The number of rotatable bonds is 5. The lowest BCUT2D eigenvalue weighted by atomic mass is 9.96. The number of fused-ring (bicyclic) bond motifs is 1. The summed E-state index contributed by atoms with van der Waals surface area (Å²) in [7, 11) is 0. The van der Waals surface area contributed by atoms with Gasteiger partial charge in [-0.25, -0.2) is 14.4 Å². The highest BCUT2D eigenvalue weighted by molar-refractivity contribution is 6.33. The summed E-state index contributed by atoms with van der Waals surface area (Å²) in [6, 6.07) is 11.8. The molecule has 0 radical (unpaired) electrons. The minimum absolute atomic E-state index is 0.0494. The molecule has 0 saturated carbocycles. The molecule has 2 aromatic carbocycles. The molecule has 9 nitrogen and oxygen atoms in total. The van der Waals surface area contributed by atoms with E-state index in [1.165, 1.54) is 6.07 Å². The number of nitrogens with zero attached hydrogens (tertiary/aromatic N) is 4. The average Bonchev–Trinajstić information content (AvgIpc) is 3.58. The number of H-pyrrole nitrogens is 1. The molecule has 0 unspecified atom stereocenters. The lowest BCUT2D eigenvalue weighted by molar-refractivity contribution is 0.0906. The first-order valence-corrected chi connectivity index (χ1v) is 12.8. The van der Waals surface area contributed by atoms with E-state index in [1.54, 1.807) is 42.6 Å². The van der Waals surface area contributed by atoms with Crippen molar-refractivity contribution in [1.82, 2.24) is 30.4 Å². The monoisotopic (exact) mass is 549 g/mol. The number of aromatic nitrogens is 5. The van der Waals surface area contributed by atoms with Crippen LogP contribution in [0.4, 0.5) is 10.1 Å². The molecule has 202 valence electrons. The Kier molecular flexibility index (Phi) is 7.96. The first kappa shape index (κ1) is 27.7. The first-order valence-electron chi connectivity index (χ1n) is 12.4. The SMILES string of the molecule is CC.CC(C)(C)c1noc(C(=O)NCc2ccc(-c3ccnc4nc(-c5cccc(Cl)c5N)[nH]c34)cc2F)n1. The molecule has 0 bridgehead atoms. The van der Waals surface area contributed by atoms with Crippen molar-refractivity contribution in [1.29, 1.82) is 0 Å². The molecule has 39 heavy (non-hydrogen) atoms. The third kappa shape index (κ3) is 5.75.